The van der Waals surface area contributed by atoms with Gasteiger partial charge in [0, 0.05) is 17.4 Å². The monoisotopic (exact) mass is 390 g/mol. The van der Waals surface area contributed by atoms with Crippen LogP contribution in [-0.2, 0) is 16.4 Å². The molecule has 0 amide bonds. The maximum atomic E-state index is 14.6. The molecule has 138 valence electrons. The first kappa shape index (κ1) is 18.7. The van der Waals surface area contributed by atoms with Crippen molar-refractivity contribution in [2.75, 3.05) is 6.26 Å². The van der Waals surface area contributed by atoms with Crippen molar-refractivity contribution in [3.8, 4) is 28.5 Å². The van der Waals surface area contributed by atoms with Gasteiger partial charge in [0.25, 0.3) is 0 Å². The number of rotatable bonds is 4. The molecule has 0 aliphatic rings. The first-order chi connectivity index (χ1) is 12.8. The van der Waals surface area contributed by atoms with Gasteiger partial charge in [-0.15, -0.1) is 0 Å². The van der Waals surface area contributed by atoms with Gasteiger partial charge in [0.2, 0.25) is 0 Å². The van der Waals surface area contributed by atoms with Crippen molar-refractivity contribution in [1.29, 1.82) is 5.26 Å². The summed E-state index contributed by atoms with van der Waals surface area (Å²) in [6.45, 7) is -0.644. The standard InChI is InChI=1S/C18H12F2N2O4S/c1-27(24,25)16-7-13(19)12(6-14(16)20)17-15(9-23)26-22-18(17)11-4-2-3-10(5-11)8-21/h2-7,23H,9H2,1H3. The normalized spacial score (nSPS) is 11.4. The Kier molecular flexibility index (Phi) is 4.78. The Morgan fingerprint density at radius 3 is 2.59 bits per heavy atom. The molecule has 0 aliphatic carbocycles. The molecule has 3 rings (SSSR count). The van der Waals surface area contributed by atoms with E-state index in [1.807, 2.05) is 6.07 Å². The maximum absolute atomic E-state index is 14.6. The van der Waals surface area contributed by atoms with Crippen LogP contribution in [-0.4, -0.2) is 24.9 Å². The molecule has 9 heteroatoms. The predicted molar refractivity (Wildman–Crippen MR) is 91.0 cm³/mol. The molecule has 3 aromatic rings. The van der Waals surface area contributed by atoms with Gasteiger partial charge in [-0.1, -0.05) is 17.3 Å². The number of benzene rings is 2. The summed E-state index contributed by atoms with van der Waals surface area (Å²) in [6, 6.07) is 9.43. The molecule has 6 nitrogen and oxygen atoms in total. The second kappa shape index (κ2) is 6.90. The lowest BCUT2D eigenvalue weighted by atomic mass is 9.98. The third kappa shape index (κ3) is 3.45. The molecule has 1 heterocycles. The fraction of sp³-hybridized carbons (Fsp3) is 0.111. The van der Waals surface area contributed by atoms with Crippen LogP contribution in [0.15, 0.2) is 45.8 Å². The zero-order chi connectivity index (χ0) is 19.8. The van der Waals surface area contributed by atoms with Crippen molar-refractivity contribution >= 4 is 9.84 Å². The van der Waals surface area contributed by atoms with Crippen LogP contribution in [0.3, 0.4) is 0 Å². The lowest BCUT2D eigenvalue weighted by Gasteiger charge is -2.08. The van der Waals surface area contributed by atoms with E-state index < -0.39 is 33.0 Å². The quantitative estimate of drug-likeness (QED) is 0.734. The predicted octanol–water partition coefficient (Wildman–Crippen LogP) is 3.05. The number of hydrogen-bond acceptors (Lipinski definition) is 6. The number of nitriles is 1. The van der Waals surface area contributed by atoms with Gasteiger partial charge in [-0.3, -0.25) is 0 Å². The first-order valence-corrected chi connectivity index (χ1v) is 9.44. The third-order valence-corrected chi connectivity index (χ3v) is 4.97. The van der Waals surface area contributed by atoms with E-state index in [9.17, 15) is 22.3 Å². The highest BCUT2D eigenvalue weighted by atomic mass is 32.2. The number of aliphatic hydroxyl groups is 1. The molecule has 0 bridgehead atoms. The van der Waals surface area contributed by atoms with Crippen LogP contribution in [0.1, 0.15) is 11.3 Å². The Hall–Kier alpha value is -3.09. The second-order valence-electron chi connectivity index (χ2n) is 5.71. The smallest absolute Gasteiger partial charge is 0.178 e. The topological polar surface area (TPSA) is 104 Å². The zero-order valence-corrected chi connectivity index (χ0v) is 14.7. The molecule has 0 atom stereocenters. The van der Waals surface area contributed by atoms with Crippen LogP contribution in [0.5, 0.6) is 0 Å². The van der Waals surface area contributed by atoms with Crippen LogP contribution >= 0.6 is 0 Å². The van der Waals surface area contributed by atoms with E-state index in [0.717, 1.165) is 12.3 Å². The van der Waals surface area contributed by atoms with Gasteiger partial charge in [-0.25, -0.2) is 17.2 Å². The van der Waals surface area contributed by atoms with Crippen LogP contribution in [0.4, 0.5) is 8.78 Å². The van der Waals surface area contributed by atoms with Crippen molar-refractivity contribution in [1.82, 2.24) is 5.16 Å². The van der Waals surface area contributed by atoms with Gasteiger partial charge in [-0.05, 0) is 24.3 Å². The number of nitrogens with zero attached hydrogens (tertiary/aromatic N) is 2. The second-order valence-corrected chi connectivity index (χ2v) is 7.70. The molecule has 27 heavy (non-hydrogen) atoms. The minimum absolute atomic E-state index is 0.0240. The lowest BCUT2D eigenvalue weighted by Crippen LogP contribution is -2.03. The van der Waals surface area contributed by atoms with E-state index in [1.54, 1.807) is 18.2 Å². The highest BCUT2D eigenvalue weighted by Gasteiger charge is 2.25. The molecule has 0 fully saturated rings. The third-order valence-electron chi connectivity index (χ3n) is 3.86. The molecule has 0 aliphatic heterocycles. The Morgan fingerprint density at radius 1 is 1.22 bits per heavy atom. The Bertz CT molecular complexity index is 1180. The molecule has 0 spiro atoms. The van der Waals surface area contributed by atoms with Gasteiger partial charge < -0.3 is 9.63 Å². The molecule has 0 radical (unpaired) electrons. The van der Waals surface area contributed by atoms with Gasteiger partial charge in [-0.2, -0.15) is 5.26 Å². The van der Waals surface area contributed by atoms with Crippen molar-refractivity contribution < 1.29 is 26.8 Å². The molecular formula is C18H12F2N2O4S. The van der Waals surface area contributed by atoms with Crippen LogP contribution < -0.4 is 0 Å². The van der Waals surface area contributed by atoms with Crippen molar-refractivity contribution in [2.45, 2.75) is 11.5 Å². The summed E-state index contributed by atoms with van der Waals surface area (Å²) in [5.41, 5.74) is 0.443. The fourth-order valence-electron chi connectivity index (χ4n) is 2.65. The van der Waals surface area contributed by atoms with E-state index in [2.05, 4.69) is 5.16 Å². The highest BCUT2D eigenvalue weighted by Crippen LogP contribution is 2.37. The molecule has 1 N–H and O–H groups in total. The average Bonchev–Trinajstić information content (AvgIpc) is 3.06. The van der Waals surface area contributed by atoms with Crippen molar-refractivity contribution in [3.05, 3.63) is 59.4 Å². The molecule has 0 saturated carbocycles. The van der Waals surface area contributed by atoms with Gasteiger partial charge in [0.1, 0.15) is 28.8 Å². The van der Waals surface area contributed by atoms with E-state index in [1.165, 1.54) is 6.07 Å². The number of sulfone groups is 1. The van der Waals surface area contributed by atoms with Crippen LogP contribution in [0, 0.1) is 23.0 Å². The summed E-state index contributed by atoms with van der Waals surface area (Å²) in [7, 11) is -3.97. The van der Waals surface area contributed by atoms with E-state index in [0.29, 0.717) is 17.2 Å². The molecule has 0 unspecified atom stereocenters. The summed E-state index contributed by atoms with van der Waals surface area (Å²) in [4.78, 5) is -0.779. The summed E-state index contributed by atoms with van der Waals surface area (Å²) in [6.07, 6.45) is 0.766. The number of hydrogen-bond donors (Lipinski definition) is 1. The Balaban J connectivity index is 2.28. The number of aliphatic hydroxyl groups excluding tert-OH is 1. The summed E-state index contributed by atoms with van der Waals surface area (Å²) >= 11 is 0. The molecule has 0 saturated heterocycles. The number of halogens is 2. The van der Waals surface area contributed by atoms with Crippen molar-refractivity contribution in [3.63, 3.8) is 0 Å². The van der Waals surface area contributed by atoms with Gasteiger partial charge in [0.15, 0.2) is 15.6 Å². The number of aromatic nitrogens is 1. The van der Waals surface area contributed by atoms with E-state index in [4.69, 9.17) is 9.78 Å². The average molecular weight is 390 g/mol. The largest absolute Gasteiger partial charge is 0.388 e. The Morgan fingerprint density at radius 2 is 1.96 bits per heavy atom. The maximum Gasteiger partial charge on any atom is 0.178 e. The Labute approximate surface area is 153 Å². The minimum Gasteiger partial charge on any atom is -0.388 e. The zero-order valence-electron chi connectivity index (χ0n) is 13.9. The highest BCUT2D eigenvalue weighted by molar-refractivity contribution is 7.90. The summed E-state index contributed by atoms with van der Waals surface area (Å²) < 4.78 is 57.1. The van der Waals surface area contributed by atoms with E-state index >= 15 is 0 Å². The van der Waals surface area contributed by atoms with Crippen LogP contribution in [0.2, 0.25) is 0 Å². The van der Waals surface area contributed by atoms with Gasteiger partial charge >= 0.3 is 0 Å². The first-order valence-electron chi connectivity index (χ1n) is 7.55. The van der Waals surface area contributed by atoms with Gasteiger partial charge in [0.05, 0.1) is 17.2 Å². The minimum atomic E-state index is -3.97. The molecule has 1 aromatic heterocycles. The SMILES string of the molecule is CS(=O)(=O)c1cc(F)c(-c2c(-c3cccc(C#N)c3)noc2CO)cc1F. The molecular weight excluding hydrogens is 378 g/mol. The van der Waals surface area contributed by atoms with E-state index in [-0.39, 0.29) is 22.6 Å². The lowest BCUT2D eigenvalue weighted by molar-refractivity contribution is 0.230. The summed E-state index contributed by atoms with van der Waals surface area (Å²) in [5.74, 6) is -2.29. The fourth-order valence-corrected chi connectivity index (χ4v) is 3.38. The summed E-state index contributed by atoms with van der Waals surface area (Å²) in [5, 5.41) is 22.3. The molecule has 2 aromatic carbocycles. The van der Waals surface area contributed by atoms with Crippen molar-refractivity contribution in [2.24, 2.45) is 0 Å². The van der Waals surface area contributed by atoms with Crippen LogP contribution in [0.25, 0.3) is 22.4 Å².